The van der Waals surface area contributed by atoms with Gasteiger partial charge >= 0.3 is 0 Å². The second-order valence-corrected chi connectivity index (χ2v) is 14.9. The number of phenols is 1. The highest BCUT2D eigenvalue weighted by molar-refractivity contribution is 6.51. The molecule has 8 aromatic rings. The smallest absolute Gasteiger partial charge is 0.296 e. The van der Waals surface area contributed by atoms with Crippen LogP contribution in [0.3, 0.4) is 0 Å². The Morgan fingerprint density at radius 2 is 0.967 bits per heavy atom. The van der Waals surface area contributed by atoms with E-state index in [4.69, 9.17) is 46.4 Å². The Morgan fingerprint density at radius 3 is 1.37 bits per heavy atom. The standard InChI is InChI=1S/C22H16Cl2N4O2.C21H14Cl2N4O3/c1-13-4-6-14(7-5-13)11-28-12-16(15-3-2-8-26-21(15)28)20(29)22(30)27-19-17(23)9-25-10-18(19)24;22-16-8-24-9-17(23)18(16)26-21(30)19(29)15-11-27(20-14(15)2-1-7-25-20)10-12-3-5-13(28)6-4-12/h2-10,12H,11H2,1H3,(H,25,27,30);1-9,11,28H,10H2,(H,24,26,30). The molecule has 0 aliphatic carbocycles. The normalized spacial score (nSPS) is 10.9. The molecule has 0 bridgehead atoms. The van der Waals surface area contributed by atoms with Crippen molar-refractivity contribution in [3.63, 3.8) is 0 Å². The van der Waals surface area contributed by atoms with Gasteiger partial charge in [-0.25, -0.2) is 9.97 Å². The van der Waals surface area contributed by atoms with Crippen LogP contribution >= 0.6 is 46.4 Å². The lowest BCUT2D eigenvalue weighted by Crippen LogP contribution is -2.23. The van der Waals surface area contributed by atoms with Gasteiger partial charge in [0.15, 0.2) is 0 Å². The number of halogens is 4. The summed E-state index contributed by atoms with van der Waals surface area (Å²) in [7, 11) is 0. The van der Waals surface area contributed by atoms with Gasteiger partial charge in [0, 0.05) is 73.4 Å². The molecule has 0 spiro atoms. The first-order valence-corrected chi connectivity index (χ1v) is 19.4. The van der Waals surface area contributed by atoms with Gasteiger partial charge in [-0.2, -0.15) is 0 Å². The first kappa shape index (κ1) is 41.5. The lowest BCUT2D eigenvalue weighted by atomic mass is 10.1. The highest BCUT2D eigenvalue weighted by atomic mass is 35.5. The fourth-order valence-corrected chi connectivity index (χ4v) is 7.10. The van der Waals surface area contributed by atoms with Crippen molar-refractivity contribution in [2.75, 3.05) is 10.6 Å². The zero-order chi connectivity index (χ0) is 42.5. The average Bonchev–Trinajstić information content (AvgIpc) is 3.80. The van der Waals surface area contributed by atoms with Crippen molar-refractivity contribution in [3.8, 4) is 5.75 Å². The fourth-order valence-electron chi connectivity index (χ4n) is 6.18. The first-order valence-electron chi connectivity index (χ1n) is 17.9. The third-order valence-electron chi connectivity index (χ3n) is 9.12. The van der Waals surface area contributed by atoms with Crippen molar-refractivity contribution in [3.05, 3.63) is 170 Å². The number of hydrogen-bond acceptors (Lipinski definition) is 9. The van der Waals surface area contributed by atoms with Gasteiger partial charge in [-0.3, -0.25) is 29.1 Å². The largest absolute Gasteiger partial charge is 0.508 e. The van der Waals surface area contributed by atoms with Crippen molar-refractivity contribution in [1.82, 2.24) is 29.1 Å². The summed E-state index contributed by atoms with van der Waals surface area (Å²) in [4.78, 5) is 67.5. The van der Waals surface area contributed by atoms with Crippen LogP contribution in [0.5, 0.6) is 5.75 Å². The molecule has 0 aliphatic heterocycles. The molecule has 0 aliphatic rings. The van der Waals surface area contributed by atoms with Crippen LogP contribution in [0.25, 0.3) is 22.1 Å². The lowest BCUT2D eigenvalue weighted by Gasteiger charge is -2.07. The second kappa shape index (κ2) is 18.1. The highest BCUT2D eigenvalue weighted by Gasteiger charge is 2.25. The number of phenolic OH excluding ortho intramolecular Hbond substituents is 1. The van der Waals surface area contributed by atoms with E-state index in [9.17, 15) is 24.3 Å². The molecule has 17 heteroatoms. The number of pyridine rings is 4. The minimum Gasteiger partial charge on any atom is -0.508 e. The molecular weight excluding hydrogens is 850 g/mol. The number of hydrogen-bond donors (Lipinski definition) is 3. The van der Waals surface area contributed by atoms with Crippen LogP contribution in [0.2, 0.25) is 20.1 Å². The molecule has 0 unspecified atom stereocenters. The summed E-state index contributed by atoms with van der Waals surface area (Å²) < 4.78 is 3.63. The molecule has 8 rings (SSSR count). The minimum absolute atomic E-state index is 0.123. The Morgan fingerprint density at radius 1 is 0.583 bits per heavy atom. The number of benzene rings is 2. The zero-order valence-corrected chi connectivity index (χ0v) is 34.3. The van der Waals surface area contributed by atoms with Crippen LogP contribution in [0.15, 0.2) is 122 Å². The second-order valence-electron chi connectivity index (χ2n) is 13.3. The number of rotatable bonds is 10. The number of nitrogens with zero attached hydrogens (tertiary/aromatic N) is 6. The molecule has 2 amide bonds. The SMILES string of the molecule is Cc1ccc(Cn2cc(C(=O)C(=O)Nc3c(Cl)cncc3Cl)c3cccnc32)cc1.O=C(Nc1c(Cl)cncc1Cl)C(=O)c1cn(Cc2ccc(O)cc2)c2ncccc12. The Bertz CT molecular complexity index is 2690. The molecular formula is C43H30Cl4N8O5. The van der Waals surface area contributed by atoms with Crippen LogP contribution < -0.4 is 10.6 Å². The van der Waals surface area contributed by atoms with Gasteiger partial charge in [0.25, 0.3) is 23.4 Å². The number of carbonyl (C=O) groups is 4. The van der Waals surface area contributed by atoms with Crippen LogP contribution in [-0.2, 0) is 22.7 Å². The number of anilines is 2. The molecule has 2 aromatic carbocycles. The minimum atomic E-state index is -0.877. The molecule has 6 heterocycles. The van der Waals surface area contributed by atoms with Crippen molar-refractivity contribution in [2.24, 2.45) is 0 Å². The summed E-state index contributed by atoms with van der Waals surface area (Å²) in [6.45, 7) is 2.95. The third kappa shape index (κ3) is 9.14. The molecule has 0 saturated carbocycles. The van der Waals surface area contributed by atoms with Crippen molar-refractivity contribution >= 4 is 103 Å². The predicted octanol–water partition coefficient (Wildman–Crippen LogP) is 9.23. The number of aromatic nitrogens is 6. The molecule has 6 aromatic heterocycles. The van der Waals surface area contributed by atoms with Gasteiger partial charge in [0.1, 0.15) is 17.0 Å². The van der Waals surface area contributed by atoms with Crippen molar-refractivity contribution < 1.29 is 24.3 Å². The van der Waals surface area contributed by atoms with Crippen LogP contribution in [-0.4, -0.2) is 57.6 Å². The topological polar surface area (TPSA) is 174 Å². The highest BCUT2D eigenvalue weighted by Crippen LogP contribution is 2.31. The molecule has 0 radical (unpaired) electrons. The number of nitrogens with one attached hydrogen (secondary N) is 2. The fraction of sp³-hybridized carbons (Fsp3) is 0.0698. The predicted molar refractivity (Wildman–Crippen MR) is 231 cm³/mol. The van der Waals surface area contributed by atoms with E-state index in [1.54, 1.807) is 77.9 Å². The maximum Gasteiger partial charge on any atom is 0.296 e. The number of amides is 2. The summed E-state index contributed by atoms with van der Waals surface area (Å²) in [5, 5.41) is 16.1. The van der Waals surface area contributed by atoms with E-state index in [1.807, 2.05) is 35.8 Å². The Labute approximate surface area is 361 Å². The number of aryl methyl sites for hydroxylation is 1. The van der Waals surface area contributed by atoms with E-state index in [0.717, 1.165) is 16.7 Å². The Kier molecular flexibility index (Phi) is 12.5. The van der Waals surface area contributed by atoms with Gasteiger partial charge in [0.2, 0.25) is 0 Å². The summed E-state index contributed by atoms with van der Waals surface area (Å²) >= 11 is 24.1. The third-order valence-corrected chi connectivity index (χ3v) is 10.3. The summed E-state index contributed by atoms with van der Waals surface area (Å²) in [6.07, 6.45) is 11.8. The Hall–Kier alpha value is -6.64. The molecule has 3 N–H and O–H groups in total. The maximum atomic E-state index is 12.9. The quantitative estimate of drug-likeness (QED) is 0.0894. The van der Waals surface area contributed by atoms with E-state index in [0.29, 0.717) is 35.2 Å². The van der Waals surface area contributed by atoms with Crippen molar-refractivity contribution in [2.45, 2.75) is 20.0 Å². The molecule has 0 saturated heterocycles. The van der Waals surface area contributed by atoms with Gasteiger partial charge in [-0.15, -0.1) is 0 Å². The zero-order valence-electron chi connectivity index (χ0n) is 31.2. The van der Waals surface area contributed by atoms with Gasteiger partial charge in [-0.05, 0) is 54.4 Å². The number of fused-ring (bicyclic) bond motifs is 2. The number of carbonyl (C=O) groups excluding carboxylic acids is 4. The molecule has 60 heavy (non-hydrogen) atoms. The van der Waals surface area contributed by atoms with Gasteiger partial charge in [-0.1, -0.05) is 88.4 Å². The monoisotopic (exact) mass is 878 g/mol. The summed E-state index contributed by atoms with van der Waals surface area (Å²) in [5.74, 6) is -3.02. The molecule has 13 nitrogen and oxygen atoms in total. The lowest BCUT2D eigenvalue weighted by molar-refractivity contribution is -0.113. The van der Waals surface area contributed by atoms with E-state index in [2.05, 4.69) is 30.6 Å². The van der Waals surface area contributed by atoms with Crippen LogP contribution in [0.4, 0.5) is 11.4 Å². The number of aromatic hydroxyl groups is 1. The molecule has 0 fully saturated rings. The first-order chi connectivity index (χ1) is 28.9. The van der Waals surface area contributed by atoms with Gasteiger partial charge in [0.05, 0.1) is 42.6 Å². The van der Waals surface area contributed by atoms with Crippen molar-refractivity contribution in [1.29, 1.82) is 0 Å². The van der Waals surface area contributed by atoms with E-state index >= 15 is 0 Å². The molecule has 300 valence electrons. The van der Waals surface area contributed by atoms with E-state index in [-0.39, 0.29) is 48.3 Å². The number of Topliss-reactive ketones (excluding diaryl/α,β-unsaturated/α-hetero) is 2. The number of ketones is 2. The average molecular weight is 881 g/mol. The van der Waals surface area contributed by atoms with Gasteiger partial charge < -0.3 is 24.9 Å². The van der Waals surface area contributed by atoms with E-state index in [1.165, 1.54) is 24.8 Å². The Balaban J connectivity index is 0.000000181. The summed E-state index contributed by atoms with van der Waals surface area (Å²) in [6, 6.07) is 21.7. The maximum absolute atomic E-state index is 12.9. The molecule has 0 atom stereocenters. The van der Waals surface area contributed by atoms with Crippen LogP contribution in [0, 0.1) is 6.92 Å². The van der Waals surface area contributed by atoms with Crippen LogP contribution in [0.1, 0.15) is 37.4 Å². The van der Waals surface area contributed by atoms with E-state index < -0.39 is 23.4 Å². The summed E-state index contributed by atoms with van der Waals surface area (Å²) in [5.41, 5.74) is 5.02.